The van der Waals surface area contributed by atoms with Crippen LogP contribution in [0.1, 0.15) is 86.7 Å². The van der Waals surface area contributed by atoms with Crippen molar-refractivity contribution in [3.63, 3.8) is 0 Å². The van der Waals surface area contributed by atoms with Gasteiger partial charge in [-0.25, -0.2) is 0 Å². The van der Waals surface area contributed by atoms with Crippen LogP contribution in [-0.4, -0.2) is 40.8 Å². The van der Waals surface area contributed by atoms with Crippen LogP contribution in [0.4, 0.5) is 0 Å². The molecule has 1 heterocycles. The quantitative estimate of drug-likeness (QED) is 0.225. The Balaban J connectivity index is 1.89. The van der Waals surface area contributed by atoms with Crippen molar-refractivity contribution in [3.05, 3.63) is 64.0 Å². The van der Waals surface area contributed by atoms with E-state index >= 15 is 0 Å². The molecule has 7 heteroatoms. The van der Waals surface area contributed by atoms with E-state index in [2.05, 4.69) is 37.4 Å². The molecule has 0 radical (unpaired) electrons. The number of hydrogen-bond donors (Lipinski definition) is 3. The zero-order valence-electron chi connectivity index (χ0n) is 23.4. The number of rotatable bonds is 13. The molecule has 1 aromatic heterocycles. The zero-order chi connectivity index (χ0) is 28.1. The van der Waals surface area contributed by atoms with Crippen molar-refractivity contribution in [2.75, 3.05) is 13.2 Å². The maximum absolute atomic E-state index is 12.6. The van der Waals surface area contributed by atoms with Crippen molar-refractivity contribution in [3.8, 4) is 5.75 Å². The third-order valence-corrected chi connectivity index (χ3v) is 9.29. The summed E-state index contributed by atoms with van der Waals surface area (Å²) in [5, 5.41) is 23.5. The molecule has 0 bridgehead atoms. The number of amides is 1. The molecule has 0 aliphatic rings. The topological polar surface area (TPSA) is 95.9 Å². The highest BCUT2D eigenvalue weighted by Gasteiger charge is 2.33. The number of hydrogen-bond acceptors (Lipinski definition) is 5. The maximum atomic E-state index is 12.6. The van der Waals surface area contributed by atoms with Gasteiger partial charge in [0.25, 0.3) is 5.91 Å². The van der Waals surface area contributed by atoms with Gasteiger partial charge in [-0.05, 0) is 73.4 Å². The lowest BCUT2D eigenvalue weighted by molar-refractivity contribution is -0.140. The molecule has 0 aliphatic carbocycles. The van der Waals surface area contributed by atoms with Crippen LogP contribution in [0.3, 0.4) is 0 Å². The average molecular weight is 540 g/mol. The van der Waals surface area contributed by atoms with Gasteiger partial charge in [-0.1, -0.05) is 52.8 Å². The van der Waals surface area contributed by atoms with E-state index in [0.717, 1.165) is 34.2 Å². The Morgan fingerprint density at radius 1 is 1.00 bits per heavy atom. The van der Waals surface area contributed by atoms with E-state index in [0.29, 0.717) is 18.4 Å². The summed E-state index contributed by atoms with van der Waals surface area (Å²) >= 11 is 1.70. The fraction of sp³-hybridized carbons (Fsp3) is 0.484. The number of fused-ring (bicyclic) bond motifs is 1. The van der Waals surface area contributed by atoms with E-state index in [1.54, 1.807) is 24.3 Å². The molecule has 2 aromatic carbocycles. The zero-order valence-corrected chi connectivity index (χ0v) is 24.2. The molecule has 0 saturated heterocycles. The van der Waals surface area contributed by atoms with E-state index in [9.17, 15) is 14.7 Å². The molecule has 206 valence electrons. The Hall–Kier alpha value is -2.90. The van der Waals surface area contributed by atoms with Gasteiger partial charge in [0.1, 0.15) is 12.4 Å². The van der Waals surface area contributed by atoms with Crippen molar-refractivity contribution in [2.45, 2.75) is 78.2 Å². The van der Waals surface area contributed by atoms with E-state index in [-0.39, 0.29) is 24.5 Å². The van der Waals surface area contributed by atoms with Crippen molar-refractivity contribution in [1.82, 2.24) is 5.32 Å². The number of thiophene rings is 1. The van der Waals surface area contributed by atoms with E-state index < -0.39 is 17.5 Å². The first-order chi connectivity index (χ1) is 18.0. The first kappa shape index (κ1) is 29.7. The molecule has 0 fully saturated rings. The molecule has 1 amide bonds. The SMILES string of the molecule is CCC(O)(CC)COc1ccc(C(CC)(CC)c2cc3ccc(C(=O)NCC(C)C(=O)O)cc3s2)cc1C. The Bertz CT molecular complexity index is 1270. The van der Waals surface area contributed by atoms with Gasteiger partial charge in [-0.2, -0.15) is 0 Å². The largest absolute Gasteiger partial charge is 0.490 e. The molecule has 1 atom stereocenters. The second kappa shape index (κ2) is 12.3. The van der Waals surface area contributed by atoms with Gasteiger partial charge >= 0.3 is 5.97 Å². The van der Waals surface area contributed by atoms with Gasteiger partial charge in [-0.15, -0.1) is 11.3 Å². The molecule has 1 unspecified atom stereocenters. The van der Waals surface area contributed by atoms with Crippen LogP contribution < -0.4 is 10.1 Å². The molecule has 3 aromatic rings. The Kier molecular flexibility index (Phi) is 9.60. The normalized spacial score (nSPS) is 12.9. The van der Waals surface area contributed by atoms with Crippen LogP contribution in [0.5, 0.6) is 5.75 Å². The van der Waals surface area contributed by atoms with E-state index in [4.69, 9.17) is 9.84 Å². The Morgan fingerprint density at radius 3 is 2.26 bits per heavy atom. The molecule has 0 saturated carbocycles. The molecule has 6 nitrogen and oxygen atoms in total. The van der Waals surface area contributed by atoms with Gasteiger partial charge in [0.05, 0.1) is 11.5 Å². The maximum Gasteiger partial charge on any atom is 0.308 e. The van der Waals surface area contributed by atoms with Gasteiger partial charge < -0.3 is 20.3 Å². The first-order valence-electron chi connectivity index (χ1n) is 13.5. The summed E-state index contributed by atoms with van der Waals surface area (Å²) in [5.41, 5.74) is 1.79. The van der Waals surface area contributed by atoms with Crippen molar-refractivity contribution in [2.24, 2.45) is 5.92 Å². The smallest absolute Gasteiger partial charge is 0.308 e. The van der Waals surface area contributed by atoms with Crippen molar-refractivity contribution in [1.29, 1.82) is 0 Å². The summed E-state index contributed by atoms with van der Waals surface area (Å²) in [6, 6.07) is 14.2. The summed E-state index contributed by atoms with van der Waals surface area (Å²) in [5.74, 6) is -1.05. The molecule has 38 heavy (non-hydrogen) atoms. The summed E-state index contributed by atoms with van der Waals surface area (Å²) in [6.07, 6.45) is 3.13. The lowest BCUT2D eigenvalue weighted by atomic mass is 9.74. The summed E-state index contributed by atoms with van der Waals surface area (Å²) < 4.78 is 7.07. The molecule has 0 spiro atoms. The Morgan fingerprint density at radius 2 is 1.68 bits per heavy atom. The first-order valence-corrected chi connectivity index (χ1v) is 14.4. The van der Waals surface area contributed by atoms with Crippen LogP contribution in [0.15, 0.2) is 42.5 Å². The number of carboxylic acids is 1. The number of aliphatic carboxylic acids is 1. The van der Waals surface area contributed by atoms with Gasteiger partial charge in [0.2, 0.25) is 0 Å². The number of carbonyl (C=O) groups is 2. The average Bonchev–Trinajstić information content (AvgIpc) is 3.35. The molecular weight excluding hydrogens is 498 g/mol. The molecule has 3 N–H and O–H groups in total. The fourth-order valence-electron chi connectivity index (χ4n) is 4.77. The third-order valence-electron chi connectivity index (χ3n) is 7.99. The van der Waals surface area contributed by atoms with Crippen LogP contribution in [0, 0.1) is 12.8 Å². The number of nitrogens with one attached hydrogen (secondary N) is 1. The van der Waals surface area contributed by atoms with E-state index in [1.807, 2.05) is 39.0 Å². The lowest BCUT2D eigenvalue weighted by Gasteiger charge is -2.32. The number of benzene rings is 2. The summed E-state index contributed by atoms with van der Waals surface area (Å²) in [7, 11) is 0. The monoisotopic (exact) mass is 539 g/mol. The fourth-order valence-corrected chi connectivity index (χ4v) is 6.22. The standard InChI is InChI=1S/C31H41NO5S/c1-7-30(36,8-2)19-37-25-14-13-24(15-20(25)5)31(9-3,10-4)27-17-22-11-12-23(16-26(22)38-27)28(33)32-18-21(6)29(34)35/h11-17,21,36H,7-10,18-19H2,1-6H3,(H,32,33)(H,34,35). The predicted molar refractivity (Wildman–Crippen MR) is 155 cm³/mol. The Labute approximate surface area is 230 Å². The number of carboxylic acid groups (broad SMARTS) is 1. The van der Waals surface area contributed by atoms with E-state index in [1.165, 1.54) is 10.4 Å². The number of aryl methyl sites for hydroxylation is 1. The summed E-state index contributed by atoms with van der Waals surface area (Å²) in [4.78, 5) is 25.0. The highest BCUT2D eigenvalue weighted by molar-refractivity contribution is 7.19. The molecule has 0 aliphatic heterocycles. The van der Waals surface area contributed by atoms with Gasteiger partial charge in [0, 0.05) is 27.1 Å². The predicted octanol–water partition coefficient (Wildman–Crippen LogP) is 6.70. The second-order valence-electron chi connectivity index (χ2n) is 10.3. The number of ether oxygens (including phenoxy) is 1. The molecular formula is C31H41NO5S. The third kappa shape index (κ3) is 6.21. The van der Waals surface area contributed by atoms with Crippen molar-refractivity contribution >= 4 is 33.3 Å². The minimum Gasteiger partial charge on any atom is -0.490 e. The van der Waals surface area contributed by atoms with Crippen LogP contribution >= 0.6 is 11.3 Å². The summed E-state index contributed by atoms with van der Waals surface area (Å²) in [6.45, 7) is 12.3. The minimum absolute atomic E-state index is 0.0892. The minimum atomic E-state index is -0.933. The van der Waals surface area contributed by atoms with Crippen LogP contribution in [0.2, 0.25) is 0 Å². The van der Waals surface area contributed by atoms with Crippen LogP contribution in [-0.2, 0) is 10.2 Å². The lowest BCUT2D eigenvalue weighted by Crippen LogP contribution is -2.34. The van der Waals surface area contributed by atoms with Crippen molar-refractivity contribution < 1.29 is 24.5 Å². The van der Waals surface area contributed by atoms with Gasteiger partial charge in [0.15, 0.2) is 0 Å². The number of aliphatic hydroxyl groups is 1. The molecule has 3 rings (SSSR count). The van der Waals surface area contributed by atoms with Gasteiger partial charge in [-0.3, -0.25) is 9.59 Å². The highest BCUT2D eigenvalue weighted by atomic mass is 32.1. The second-order valence-corrected chi connectivity index (χ2v) is 11.4. The van der Waals surface area contributed by atoms with Crippen LogP contribution in [0.25, 0.3) is 10.1 Å². The highest BCUT2D eigenvalue weighted by Crippen LogP contribution is 2.45. The number of carbonyl (C=O) groups excluding carboxylic acids is 1.